The van der Waals surface area contributed by atoms with Crippen LogP contribution in [0.25, 0.3) is 0 Å². The van der Waals surface area contributed by atoms with Crippen LogP contribution < -0.4 is 0 Å². The molecule has 1 aromatic rings. The minimum Gasteiger partial charge on any atom is -0.205 e. The molecule has 66 valence electrons. The smallest absolute Gasteiger partial charge is 0.149 e. The van der Waals surface area contributed by atoms with Crippen molar-refractivity contribution in [1.29, 1.82) is 0 Å². The zero-order valence-electron chi connectivity index (χ0n) is 5.89. The zero-order chi connectivity index (χ0) is 9.46. The van der Waals surface area contributed by atoms with Gasteiger partial charge in [-0.15, -0.1) is 0 Å². The minimum atomic E-state index is -0.872. The fourth-order valence-electron chi connectivity index (χ4n) is 0.715. The molecule has 0 heterocycles. The van der Waals surface area contributed by atoms with E-state index in [1.165, 1.54) is 6.92 Å². The molecule has 0 fully saturated rings. The van der Waals surface area contributed by atoms with E-state index in [1.54, 1.807) is 0 Å². The van der Waals surface area contributed by atoms with Gasteiger partial charge in [0, 0.05) is 5.56 Å². The molecule has 0 N–H and O–H groups in total. The number of hydrogen-bond acceptors (Lipinski definition) is 0. The van der Waals surface area contributed by atoms with Gasteiger partial charge in [-0.1, -0.05) is 34.8 Å². The SMILES string of the molecule is Cc1c(F)c(Cl)c(Cl)c(Cl)c1F. The van der Waals surface area contributed by atoms with Gasteiger partial charge in [0.05, 0.1) is 15.1 Å². The molecule has 5 heteroatoms. The highest BCUT2D eigenvalue weighted by molar-refractivity contribution is 6.48. The van der Waals surface area contributed by atoms with Crippen LogP contribution in [0.2, 0.25) is 15.1 Å². The average molecular weight is 231 g/mol. The molecule has 0 aliphatic carbocycles. The molecule has 1 aromatic carbocycles. The van der Waals surface area contributed by atoms with Crippen LogP contribution in [0.1, 0.15) is 5.56 Å². The molecule has 0 saturated carbocycles. The van der Waals surface area contributed by atoms with Crippen LogP contribution in [0.4, 0.5) is 8.78 Å². The maximum Gasteiger partial charge on any atom is 0.149 e. The Morgan fingerprint density at radius 3 is 1.50 bits per heavy atom. The Labute approximate surface area is 83.0 Å². The first-order chi connectivity index (χ1) is 5.46. The Morgan fingerprint density at radius 2 is 1.17 bits per heavy atom. The van der Waals surface area contributed by atoms with Crippen molar-refractivity contribution in [3.63, 3.8) is 0 Å². The Balaban J connectivity index is 3.60. The Kier molecular flexibility index (Phi) is 2.81. The Morgan fingerprint density at radius 1 is 0.833 bits per heavy atom. The molecule has 1 rings (SSSR count). The summed E-state index contributed by atoms with van der Waals surface area (Å²) >= 11 is 16.2. The van der Waals surface area contributed by atoms with Gasteiger partial charge in [-0.2, -0.15) is 0 Å². The van der Waals surface area contributed by atoms with Crippen molar-refractivity contribution in [2.75, 3.05) is 0 Å². The molecule has 0 amide bonds. The number of hydrogen-bond donors (Lipinski definition) is 0. The lowest BCUT2D eigenvalue weighted by atomic mass is 10.2. The molecule has 0 atom stereocenters. The first-order valence-corrected chi connectivity index (χ1v) is 4.08. The van der Waals surface area contributed by atoms with Gasteiger partial charge in [0.15, 0.2) is 0 Å². The number of halogens is 5. The minimum absolute atomic E-state index is 0.227. The maximum atomic E-state index is 12.9. The van der Waals surface area contributed by atoms with Crippen molar-refractivity contribution in [1.82, 2.24) is 0 Å². The lowest BCUT2D eigenvalue weighted by molar-refractivity contribution is 0.569. The number of rotatable bonds is 0. The summed E-state index contributed by atoms with van der Waals surface area (Å²) in [5.41, 5.74) is -0.227. The normalized spacial score (nSPS) is 10.5. The molecule has 0 bridgehead atoms. The Hall–Kier alpha value is -0.0500. The van der Waals surface area contributed by atoms with E-state index in [-0.39, 0.29) is 20.6 Å². The van der Waals surface area contributed by atoms with Crippen molar-refractivity contribution < 1.29 is 8.78 Å². The van der Waals surface area contributed by atoms with E-state index < -0.39 is 11.6 Å². The molecule has 0 aromatic heterocycles. The first kappa shape index (κ1) is 10.0. The van der Waals surface area contributed by atoms with Gasteiger partial charge in [0.2, 0.25) is 0 Å². The molecule has 0 aliphatic heterocycles. The van der Waals surface area contributed by atoms with E-state index in [0.717, 1.165) is 0 Å². The van der Waals surface area contributed by atoms with Gasteiger partial charge < -0.3 is 0 Å². The van der Waals surface area contributed by atoms with Crippen molar-refractivity contribution >= 4 is 34.8 Å². The van der Waals surface area contributed by atoms with Gasteiger partial charge in [0.25, 0.3) is 0 Å². The standard InChI is InChI=1S/C7H3Cl3F2/c1-2-6(11)4(9)3(8)5(10)7(2)12/h1H3. The first-order valence-electron chi connectivity index (χ1n) is 2.94. The predicted molar refractivity (Wildman–Crippen MR) is 46.1 cm³/mol. The molecule has 0 unspecified atom stereocenters. The largest absolute Gasteiger partial charge is 0.205 e. The lowest BCUT2D eigenvalue weighted by Crippen LogP contribution is -1.92. The number of benzene rings is 1. The van der Waals surface area contributed by atoms with E-state index in [0.29, 0.717) is 0 Å². The highest BCUT2D eigenvalue weighted by Gasteiger charge is 2.18. The topological polar surface area (TPSA) is 0 Å². The quantitative estimate of drug-likeness (QED) is 0.463. The van der Waals surface area contributed by atoms with Crippen LogP contribution in [-0.2, 0) is 0 Å². The Bertz CT molecular complexity index is 231. The molecule has 12 heavy (non-hydrogen) atoms. The maximum absolute atomic E-state index is 12.9. The average Bonchev–Trinajstić information content (AvgIpc) is 2.08. The summed E-state index contributed by atoms with van der Waals surface area (Å²) in [6.07, 6.45) is 0. The van der Waals surface area contributed by atoms with Crippen LogP contribution in [-0.4, -0.2) is 0 Å². The molecule has 0 spiro atoms. The summed E-state index contributed by atoms with van der Waals surface area (Å²) in [7, 11) is 0. The molecule has 0 radical (unpaired) electrons. The third-order valence-electron chi connectivity index (χ3n) is 1.43. The van der Waals surface area contributed by atoms with Crippen LogP contribution in [0, 0.1) is 18.6 Å². The van der Waals surface area contributed by atoms with Gasteiger partial charge in [-0.05, 0) is 6.92 Å². The molecular weight excluding hydrogens is 228 g/mol. The van der Waals surface area contributed by atoms with Crippen molar-refractivity contribution in [3.8, 4) is 0 Å². The second-order valence-electron chi connectivity index (χ2n) is 2.19. The summed E-state index contributed by atoms with van der Waals surface area (Å²) in [5, 5.41) is -0.986. The van der Waals surface area contributed by atoms with Gasteiger partial charge in [-0.3, -0.25) is 0 Å². The highest BCUT2D eigenvalue weighted by atomic mass is 35.5. The fraction of sp³-hybridized carbons (Fsp3) is 0.143. The summed E-state index contributed by atoms with van der Waals surface area (Å²) < 4.78 is 25.8. The second-order valence-corrected chi connectivity index (χ2v) is 3.33. The van der Waals surface area contributed by atoms with Crippen LogP contribution in [0.5, 0.6) is 0 Å². The zero-order valence-corrected chi connectivity index (χ0v) is 8.16. The third kappa shape index (κ3) is 1.39. The summed E-state index contributed by atoms with van der Waals surface area (Å²) in [4.78, 5) is 0. The molecular formula is C7H3Cl3F2. The summed E-state index contributed by atoms with van der Waals surface area (Å²) in [6.45, 7) is 1.23. The molecule has 0 nitrogen and oxygen atoms in total. The molecule has 0 aliphatic rings. The predicted octanol–water partition coefficient (Wildman–Crippen LogP) is 4.23. The van der Waals surface area contributed by atoms with Gasteiger partial charge in [0.1, 0.15) is 11.6 Å². The van der Waals surface area contributed by atoms with Crippen molar-refractivity contribution in [3.05, 3.63) is 32.3 Å². The van der Waals surface area contributed by atoms with E-state index >= 15 is 0 Å². The van der Waals surface area contributed by atoms with Crippen LogP contribution in [0.15, 0.2) is 0 Å². The van der Waals surface area contributed by atoms with Crippen molar-refractivity contribution in [2.24, 2.45) is 0 Å². The van der Waals surface area contributed by atoms with E-state index in [1.807, 2.05) is 0 Å². The van der Waals surface area contributed by atoms with Gasteiger partial charge in [-0.25, -0.2) is 8.78 Å². The monoisotopic (exact) mass is 230 g/mol. The second kappa shape index (κ2) is 3.36. The lowest BCUT2D eigenvalue weighted by Gasteiger charge is -2.05. The van der Waals surface area contributed by atoms with Crippen molar-refractivity contribution in [2.45, 2.75) is 6.92 Å². The van der Waals surface area contributed by atoms with Gasteiger partial charge >= 0.3 is 0 Å². The molecule has 0 saturated heterocycles. The van der Waals surface area contributed by atoms with E-state index in [4.69, 9.17) is 34.8 Å². The van der Waals surface area contributed by atoms with Crippen LogP contribution in [0.3, 0.4) is 0 Å². The highest BCUT2D eigenvalue weighted by Crippen LogP contribution is 2.36. The third-order valence-corrected chi connectivity index (χ3v) is 2.71. The summed E-state index contributed by atoms with van der Waals surface area (Å²) in [5.74, 6) is -1.74. The van der Waals surface area contributed by atoms with E-state index in [9.17, 15) is 8.78 Å². The summed E-state index contributed by atoms with van der Waals surface area (Å²) in [6, 6.07) is 0. The fourth-order valence-corrected chi connectivity index (χ4v) is 1.40. The van der Waals surface area contributed by atoms with E-state index in [2.05, 4.69) is 0 Å². The van der Waals surface area contributed by atoms with Crippen LogP contribution >= 0.6 is 34.8 Å².